The monoisotopic (exact) mass is 630 g/mol. The maximum atomic E-state index is 15.2. The number of quaternary nitrogens is 1. The Labute approximate surface area is 265 Å². The summed E-state index contributed by atoms with van der Waals surface area (Å²) < 4.78 is 30.4. The fourth-order valence-electron chi connectivity index (χ4n) is 6.87. The van der Waals surface area contributed by atoms with Crippen molar-refractivity contribution in [3.05, 3.63) is 105 Å². The second-order valence-corrected chi connectivity index (χ2v) is 14.0. The van der Waals surface area contributed by atoms with Crippen LogP contribution in [-0.2, 0) is 0 Å². The van der Waals surface area contributed by atoms with Gasteiger partial charge in [0.2, 0.25) is 0 Å². The first-order valence-electron chi connectivity index (χ1n) is 14.9. The zero-order valence-electron chi connectivity index (χ0n) is 25.8. The van der Waals surface area contributed by atoms with Gasteiger partial charge in [-0.15, -0.1) is 11.3 Å². The molecule has 1 amide bonds. The zero-order chi connectivity index (χ0) is 32.1. The summed E-state index contributed by atoms with van der Waals surface area (Å²) in [6, 6.07) is 9.63. The van der Waals surface area contributed by atoms with E-state index in [-0.39, 0.29) is 34.3 Å². The Bertz CT molecular complexity index is 1750. The Balaban J connectivity index is 1.50. The van der Waals surface area contributed by atoms with Crippen LogP contribution in [0.3, 0.4) is 0 Å². The van der Waals surface area contributed by atoms with Gasteiger partial charge in [0.05, 0.1) is 11.8 Å². The first kappa shape index (κ1) is 31.0. The molecule has 2 aliphatic rings. The molecule has 2 unspecified atom stereocenters. The average Bonchev–Trinajstić information content (AvgIpc) is 3.45. The van der Waals surface area contributed by atoms with E-state index in [1.54, 1.807) is 29.8 Å². The summed E-state index contributed by atoms with van der Waals surface area (Å²) in [6.07, 6.45) is 6.23. The molecule has 45 heavy (non-hydrogen) atoms. The highest BCUT2D eigenvalue weighted by Crippen LogP contribution is 2.39. The number of carbonyl (C=O) groups is 1. The molecular weight excluding hydrogens is 594 g/mol. The van der Waals surface area contributed by atoms with Crippen LogP contribution < -0.4 is 21.0 Å². The molecule has 11 heteroatoms. The van der Waals surface area contributed by atoms with Crippen molar-refractivity contribution in [3.8, 4) is 11.1 Å². The normalized spacial score (nSPS) is 20.4. The predicted octanol–water partition coefficient (Wildman–Crippen LogP) is 6.22. The molecule has 4 N–H and O–H groups in total. The Morgan fingerprint density at radius 3 is 2.44 bits per heavy atom. The Morgan fingerprint density at radius 1 is 1.07 bits per heavy atom. The van der Waals surface area contributed by atoms with Crippen LogP contribution in [0.2, 0.25) is 0 Å². The van der Waals surface area contributed by atoms with Gasteiger partial charge < -0.3 is 20.9 Å². The third-order valence-electron chi connectivity index (χ3n) is 8.33. The number of amides is 1. The fraction of sp³-hybridized carbons (Fsp3) is 0.324. The van der Waals surface area contributed by atoms with Gasteiger partial charge in [0.25, 0.3) is 5.91 Å². The number of hydrogen-bond donors (Lipinski definition) is 4. The molecule has 2 aliphatic heterocycles. The third kappa shape index (κ3) is 6.39. The van der Waals surface area contributed by atoms with Crippen LogP contribution in [0.4, 0.5) is 19.7 Å². The maximum absolute atomic E-state index is 15.2. The summed E-state index contributed by atoms with van der Waals surface area (Å²) in [6.45, 7) is 10.5. The molecule has 0 spiro atoms. The van der Waals surface area contributed by atoms with Gasteiger partial charge in [0.15, 0.2) is 11.2 Å². The molecule has 0 bridgehead atoms. The van der Waals surface area contributed by atoms with E-state index in [1.807, 2.05) is 19.1 Å². The number of thiazole rings is 1. The van der Waals surface area contributed by atoms with Crippen LogP contribution in [0.1, 0.15) is 79.3 Å². The van der Waals surface area contributed by atoms with Gasteiger partial charge in [-0.2, -0.15) is 0 Å². The van der Waals surface area contributed by atoms with Crippen molar-refractivity contribution in [2.24, 2.45) is 0 Å². The van der Waals surface area contributed by atoms with Crippen LogP contribution in [0.25, 0.3) is 17.2 Å². The number of piperidine rings is 1. The summed E-state index contributed by atoms with van der Waals surface area (Å²) in [5.41, 5.74) is 2.93. The number of hydrogen-bond acceptors (Lipinski definition) is 7. The van der Waals surface area contributed by atoms with Crippen molar-refractivity contribution in [2.75, 3.05) is 10.6 Å². The van der Waals surface area contributed by atoms with Crippen molar-refractivity contribution in [1.82, 2.24) is 15.3 Å². The Hall–Kier alpha value is -4.03. The van der Waals surface area contributed by atoms with Crippen LogP contribution in [0.15, 0.2) is 60.2 Å². The summed E-state index contributed by atoms with van der Waals surface area (Å²) in [7, 11) is 0. The third-order valence-corrected chi connectivity index (χ3v) is 9.02. The van der Waals surface area contributed by atoms with E-state index in [0.717, 1.165) is 36.1 Å². The molecule has 8 nitrogen and oxygen atoms in total. The molecule has 4 heterocycles. The van der Waals surface area contributed by atoms with E-state index in [2.05, 4.69) is 48.6 Å². The number of carbonyl (C=O) groups excluding carboxylic acids is 1. The summed E-state index contributed by atoms with van der Waals surface area (Å²) in [4.78, 5) is 22.2. The first-order valence-corrected chi connectivity index (χ1v) is 15.8. The Morgan fingerprint density at radius 2 is 1.78 bits per heavy atom. The van der Waals surface area contributed by atoms with Gasteiger partial charge in [-0.1, -0.05) is 12.1 Å². The fourth-order valence-corrected chi connectivity index (χ4v) is 7.39. The number of nitrogens with one attached hydrogen (secondary N) is 4. The van der Waals surface area contributed by atoms with Gasteiger partial charge in [0, 0.05) is 45.9 Å². The second kappa shape index (κ2) is 11.7. The highest BCUT2D eigenvalue weighted by atomic mass is 32.1. The van der Waals surface area contributed by atoms with Crippen LogP contribution >= 0.6 is 11.3 Å². The van der Waals surface area contributed by atoms with Gasteiger partial charge >= 0.3 is 0 Å². The molecule has 2 atom stereocenters. The van der Waals surface area contributed by atoms with Gasteiger partial charge in [-0.3, -0.25) is 10.1 Å². The minimum absolute atomic E-state index is 0.0321. The lowest BCUT2D eigenvalue weighted by molar-refractivity contribution is -0.821. The van der Waals surface area contributed by atoms with E-state index in [1.165, 1.54) is 23.6 Å². The molecular formula is C34H36F2N6O2S. The standard InChI is InChI=1S/C34H36F2N6O2S/c1-19-9-10-20(31(43)40-32-37-12-14-45-32)15-23(19)24-16-27(38-21-17-33(2,3)41-34(4,5)18-21)39-29-22(24)11-13-42(44)30(29)28-25(35)7-6-8-26(28)36/h6-16,21,30,41-42H,17-18H2,1-5H3,(H,38,39)(H,37,40,43). The minimum atomic E-state index is -1.27. The van der Waals surface area contributed by atoms with Crippen molar-refractivity contribution in [2.45, 2.75) is 70.6 Å². The van der Waals surface area contributed by atoms with E-state index < -0.39 is 22.7 Å². The molecule has 234 valence electrons. The van der Waals surface area contributed by atoms with E-state index in [4.69, 9.17) is 4.98 Å². The van der Waals surface area contributed by atoms with Crippen molar-refractivity contribution in [3.63, 3.8) is 0 Å². The minimum Gasteiger partial charge on any atom is -0.629 e. The molecule has 0 radical (unpaired) electrons. The lowest BCUT2D eigenvalue weighted by Gasteiger charge is -2.46. The van der Waals surface area contributed by atoms with E-state index in [0.29, 0.717) is 27.6 Å². The van der Waals surface area contributed by atoms with E-state index in [9.17, 15) is 10.0 Å². The number of pyridine rings is 1. The second-order valence-electron chi connectivity index (χ2n) is 13.1. The number of anilines is 2. The molecule has 1 fully saturated rings. The van der Waals surface area contributed by atoms with E-state index >= 15 is 8.78 Å². The number of aromatic nitrogens is 2. The van der Waals surface area contributed by atoms with Crippen molar-refractivity contribution < 1.29 is 18.6 Å². The number of halogens is 2. The molecule has 0 aliphatic carbocycles. The molecule has 0 saturated carbocycles. The number of aryl methyl sites for hydroxylation is 1. The number of nitrogens with zero attached hydrogens (tertiary/aromatic N) is 2. The molecule has 2 aromatic heterocycles. The van der Waals surface area contributed by atoms with Gasteiger partial charge in [-0.25, -0.2) is 18.7 Å². The smallest absolute Gasteiger partial charge is 0.257 e. The Kier molecular flexibility index (Phi) is 8.07. The largest absolute Gasteiger partial charge is 0.629 e. The highest BCUT2D eigenvalue weighted by molar-refractivity contribution is 7.13. The summed E-state index contributed by atoms with van der Waals surface area (Å²) >= 11 is 1.32. The van der Waals surface area contributed by atoms with Crippen LogP contribution in [0, 0.1) is 23.8 Å². The summed E-state index contributed by atoms with van der Waals surface area (Å²) in [5.74, 6) is -1.45. The van der Waals surface area contributed by atoms with Gasteiger partial charge in [-0.05, 0) is 94.5 Å². The quantitative estimate of drug-likeness (QED) is 0.189. The molecule has 2 aromatic carbocycles. The number of hydroxylamine groups is 2. The molecule has 4 aromatic rings. The molecule has 6 rings (SSSR count). The van der Waals surface area contributed by atoms with Crippen LogP contribution in [-0.4, -0.2) is 33.0 Å². The zero-order valence-corrected chi connectivity index (χ0v) is 26.6. The first-order chi connectivity index (χ1) is 21.3. The van der Waals surface area contributed by atoms with Crippen LogP contribution in [0.5, 0.6) is 0 Å². The topological polar surface area (TPSA) is 106 Å². The lowest BCUT2D eigenvalue weighted by atomic mass is 9.79. The number of fused-ring (bicyclic) bond motifs is 1. The predicted molar refractivity (Wildman–Crippen MR) is 174 cm³/mol. The lowest BCUT2D eigenvalue weighted by Crippen LogP contribution is -3.03. The highest BCUT2D eigenvalue weighted by Gasteiger charge is 2.39. The van der Waals surface area contributed by atoms with Crippen molar-refractivity contribution >= 4 is 34.3 Å². The maximum Gasteiger partial charge on any atom is 0.257 e. The van der Waals surface area contributed by atoms with Crippen molar-refractivity contribution in [1.29, 1.82) is 0 Å². The van der Waals surface area contributed by atoms with Gasteiger partial charge in [0.1, 0.15) is 23.1 Å². The number of benzene rings is 2. The SMILES string of the molecule is Cc1ccc(C(=O)Nc2nccs2)cc1-c1cc(NC2CC(C)(C)NC(C)(C)C2)nc2c1C=C[NH+]([O-])C2c1c(F)cccc1F. The number of rotatable bonds is 6. The average molecular weight is 631 g/mol. The molecule has 1 saturated heterocycles. The summed E-state index contributed by atoms with van der Waals surface area (Å²) in [5, 5.41) is 25.3.